The lowest BCUT2D eigenvalue weighted by atomic mass is 9.89. The number of nitrogens with zero attached hydrogens (tertiary/aromatic N) is 2. The van der Waals surface area contributed by atoms with Crippen LogP contribution in [0.3, 0.4) is 0 Å². The van der Waals surface area contributed by atoms with Crippen LogP contribution in [0.15, 0.2) is 84.9 Å². The Morgan fingerprint density at radius 3 is 1.22 bits per heavy atom. The fraction of sp³-hybridized carbons (Fsp3) is 0.435. The van der Waals surface area contributed by atoms with E-state index in [1.54, 1.807) is 0 Å². The van der Waals surface area contributed by atoms with E-state index in [0.717, 1.165) is 35.5 Å². The van der Waals surface area contributed by atoms with Gasteiger partial charge in [0.1, 0.15) is 11.5 Å². The summed E-state index contributed by atoms with van der Waals surface area (Å²) in [4.78, 5) is 0. The van der Waals surface area contributed by atoms with Gasteiger partial charge >= 0.3 is 0 Å². The van der Waals surface area contributed by atoms with E-state index in [4.69, 9.17) is 4.74 Å². The minimum absolute atomic E-state index is 0.0323. The molecule has 0 N–H and O–H groups in total. The number of unbranched alkanes of at least 4 members (excludes halogenated alkanes) is 10. The zero-order valence-corrected chi connectivity index (χ0v) is 30.4. The van der Waals surface area contributed by atoms with E-state index in [0.29, 0.717) is 11.1 Å². The number of hydrogen-bond donors (Lipinski definition) is 0. The Labute approximate surface area is 297 Å². The topological polar surface area (TPSA) is 56.8 Å². The lowest BCUT2D eigenvalue weighted by molar-refractivity contribution is 0.466. The summed E-state index contributed by atoms with van der Waals surface area (Å²) in [6.07, 6.45) is 17.8. The van der Waals surface area contributed by atoms with E-state index < -0.39 is 0 Å². The maximum Gasteiger partial charge on any atom is 0.131 e. The molecule has 0 aliphatic carbocycles. The van der Waals surface area contributed by atoms with E-state index in [1.807, 2.05) is 36.4 Å². The summed E-state index contributed by atoms with van der Waals surface area (Å²) in [5.74, 6) is 1.53. The van der Waals surface area contributed by atoms with Crippen LogP contribution in [0.2, 0.25) is 0 Å². The highest BCUT2D eigenvalue weighted by Crippen LogP contribution is 2.39. The molecule has 4 aromatic rings. The van der Waals surface area contributed by atoms with Crippen molar-refractivity contribution in [3.8, 4) is 23.6 Å². The molecule has 0 saturated carbocycles. The average Bonchev–Trinajstić information content (AvgIpc) is 3.14. The van der Waals surface area contributed by atoms with Crippen molar-refractivity contribution in [2.45, 2.75) is 129 Å². The molecule has 0 heterocycles. The van der Waals surface area contributed by atoms with Gasteiger partial charge in [-0.15, -0.1) is 0 Å². The molecule has 0 saturated heterocycles. The van der Waals surface area contributed by atoms with Crippen LogP contribution >= 0.6 is 0 Å². The van der Waals surface area contributed by atoms with Crippen LogP contribution in [0.4, 0.5) is 0 Å². The van der Waals surface area contributed by atoms with Crippen LogP contribution in [0.1, 0.15) is 161 Å². The van der Waals surface area contributed by atoms with Crippen LogP contribution in [0.5, 0.6) is 11.5 Å². The molecule has 2 unspecified atom stereocenters. The second-order valence-electron chi connectivity index (χ2n) is 13.8. The van der Waals surface area contributed by atoms with Crippen molar-refractivity contribution in [3.63, 3.8) is 0 Å². The number of nitriles is 2. The second-order valence-corrected chi connectivity index (χ2v) is 13.8. The van der Waals surface area contributed by atoms with Crippen LogP contribution in [-0.4, -0.2) is 0 Å². The predicted molar refractivity (Wildman–Crippen MR) is 204 cm³/mol. The van der Waals surface area contributed by atoms with Gasteiger partial charge in [0.2, 0.25) is 0 Å². The third kappa shape index (κ3) is 11.4. The van der Waals surface area contributed by atoms with E-state index in [-0.39, 0.29) is 11.8 Å². The van der Waals surface area contributed by atoms with Gasteiger partial charge < -0.3 is 4.74 Å². The molecule has 256 valence electrons. The Hall–Kier alpha value is -4.34. The van der Waals surface area contributed by atoms with Gasteiger partial charge in [-0.3, -0.25) is 0 Å². The third-order valence-corrected chi connectivity index (χ3v) is 10.0. The fourth-order valence-corrected chi connectivity index (χ4v) is 6.74. The molecule has 0 aliphatic rings. The van der Waals surface area contributed by atoms with E-state index in [9.17, 15) is 10.5 Å². The summed E-state index contributed by atoms with van der Waals surface area (Å²) in [5.41, 5.74) is 8.32. The molecule has 0 bridgehead atoms. The Kier molecular flexibility index (Phi) is 15.5. The van der Waals surface area contributed by atoms with Gasteiger partial charge in [-0.1, -0.05) is 140 Å². The first-order valence-electron chi connectivity index (χ1n) is 18.9. The van der Waals surface area contributed by atoms with Gasteiger partial charge in [0.15, 0.2) is 0 Å². The molecule has 0 fully saturated rings. The summed E-state index contributed by atoms with van der Waals surface area (Å²) < 4.78 is 6.74. The van der Waals surface area contributed by atoms with Crippen molar-refractivity contribution in [1.29, 1.82) is 10.5 Å². The monoisotopic (exact) mass is 652 g/mol. The third-order valence-electron chi connectivity index (χ3n) is 10.0. The van der Waals surface area contributed by atoms with Crippen molar-refractivity contribution in [2.24, 2.45) is 0 Å². The van der Waals surface area contributed by atoms with Crippen molar-refractivity contribution in [1.82, 2.24) is 0 Å². The second kappa shape index (κ2) is 20.2. The van der Waals surface area contributed by atoms with Gasteiger partial charge in [0, 0.05) is 23.0 Å². The van der Waals surface area contributed by atoms with Crippen molar-refractivity contribution >= 4 is 0 Å². The first kappa shape index (κ1) is 37.5. The van der Waals surface area contributed by atoms with Crippen LogP contribution < -0.4 is 4.74 Å². The highest BCUT2D eigenvalue weighted by molar-refractivity contribution is 5.53. The molecule has 4 rings (SSSR count). The first-order chi connectivity index (χ1) is 24.0. The first-order valence-corrected chi connectivity index (χ1v) is 18.9. The zero-order chi connectivity index (χ0) is 34.8. The summed E-state index contributed by atoms with van der Waals surface area (Å²) in [6.45, 7) is 8.88. The molecule has 3 nitrogen and oxygen atoms in total. The van der Waals surface area contributed by atoms with Gasteiger partial charge in [-0.2, -0.15) is 10.5 Å². The van der Waals surface area contributed by atoms with Gasteiger partial charge in [-0.25, -0.2) is 0 Å². The molecule has 0 amide bonds. The van der Waals surface area contributed by atoms with Crippen molar-refractivity contribution in [2.75, 3.05) is 0 Å². The molecule has 49 heavy (non-hydrogen) atoms. The maximum atomic E-state index is 9.77. The Balaban J connectivity index is 1.51. The molecule has 3 heteroatoms. The van der Waals surface area contributed by atoms with E-state index in [1.165, 1.54) is 99.3 Å². The fourth-order valence-electron chi connectivity index (χ4n) is 6.74. The summed E-state index contributed by atoms with van der Waals surface area (Å²) in [7, 11) is 0. The molecule has 4 aromatic carbocycles. The van der Waals surface area contributed by atoms with Crippen LogP contribution in [0.25, 0.3) is 0 Å². The lowest BCUT2D eigenvalue weighted by Gasteiger charge is -2.22. The Bertz CT molecular complexity index is 1530. The highest BCUT2D eigenvalue weighted by Gasteiger charge is 2.20. The SMILES string of the molecule is CCCCCCCCc1ccc(C(C)c2cc(C#N)ccc2Oc2ccc(C#N)cc2C(C)c2ccc(CCCCCCCC)cc2)cc1. The minimum atomic E-state index is 0.0323. The number of rotatable bonds is 20. The van der Waals surface area contributed by atoms with E-state index >= 15 is 0 Å². The number of hydrogen-bond acceptors (Lipinski definition) is 3. The maximum absolute atomic E-state index is 9.77. The summed E-state index contributed by atoms with van der Waals surface area (Å²) in [5, 5.41) is 19.5. The number of benzene rings is 4. The van der Waals surface area contributed by atoms with Gasteiger partial charge in [0.25, 0.3) is 0 Å². The normalized spacial score (nSPS) is 12.2. The quantitative estimate of drug-likeness (QED) is 0.0893. The highest BCUT2D eigenvalue weighted by atomic mass is 16.5. The number of aryl methyl sites for hydroxylation is 2. The predicted octanol–water partition coefficient (Wildman–Crippen LogP) is 13.3. The smallest absolute Gasteiger partial charge is 0.131 e. The molecular weight excluding hydrogens is 597 g/mol. The van der Waals surface area contributed by atoms with Crippen LogP contribution in [0, 0.1) is 22.7 Å². The standard InChI is InChI=1S/C46H56N2O/c1-5-7-9-11-13-15-17-37-19-25-41(26-20-37)35(3)43-31-39(33-47)23-29-45(43)49-46-30-24-40(34-48)32-44(46)36(4)42-27-21-38(22-28-42)18-16-14-12-10-8-6-2/h19-32,35-36H,5-18H2,1-4H3. The van der Waals surface area contributed by atoms with E-state index in [2.05, 4.69) is 88.4 Å². The summed E-state index contributed by atoms with van der Waals surface area (Å²) in [6, 6.07) is 34.0. The molecule has 0 aliphatic heterocycles. The zero-order valence-electron chi connectivity index (χ0n) is 30.4. The Morgan fingerprint density at radius 2 is 0.857 bits per heavy atom. The average molecular weight is 653 g/mol. The molecule has 0 spiro atoms. The molecule has 2 atom stereocenters. The van der Waals surface area contributed by atoms with Gasteiger partial charge in [-0.05, 0) is 84.3 Å². The largest absolute Gasteiger partial charge is 0.457 e. The van der Waals surface area contributed by atoms with Crippen molar-refractivity contribution < 1.29 is 4.74 Å². The lowest BCUT2D eigenvalue weighted by Crippen LogP contribution is -2.04. The van der Waals surface area contributed by atoms with Gasteiger partial charge in [0.05, 0.1) is 23.3 Å². The van der Waals surface area contributed by atoms with Crippen LogP contribution in [-0.2, 0) is 12.8 Å². The summed E-state index contributed by atoms with van der Waals surface area (Å²) >= 11 is 0. The Morgan fingerprint density at radius 1 is 0.490 bits per heavy atom. The van der Waals surface area contributed by atoms with Crippen molar-refractivity contribution in [3.05, 3.63) is 129 Å². The molecule has 0 aromatic heterocycles. The molecular formula is C46H56N2O. The molecule has 0 radical (unpaired) electrons. The minimum Gasteiger partial charge on any atom is -0.457 e. The number of ether oxygens (including phenoxy) is 1.